The van der Waals surface area contributed by atoms with Gasteiger partial charge in [-0.15, -0.1) is 0 Å². The maximum absolute atomic E-state index is 12.7. The minimum absolute atomic E-state index is 0.382. The van der Waals surface area contributed by atoms with Gasteiger partial charge in [-0.1, -0.05) is 34.1 Å². The van der Waals surface area contributed by atoms with E-state index in [-0.39, 0.29) is 5.33 Å². The highest BCUT2D eigenvalue weighted by atomic mass is 79.9. The van der Waals surface area contributed by atoms with Gasteiger partial charge in [-0.25, -0.2) is 8.78 Å². The summed E-state index contributed by atoms with van der Waals surface area (Å²) in [6, 6.07) is 8.56. The lowest BCUT2D eigenvalue weighted by atomic mass is 10.3. The standard InChI is InChI=1S/C9H9BrF2O/c10-6-9(11,12)7-13-8-4-2-1-3-5-8/h1-5H,6-7H2. The van der Waals surface area contributed by atoms with Crippen LogP contribution in [0.3, 0.4) is 0 Å². The highest BCUT2D eigenvalue weighted by molar-refractivity contribution is 9.09. The van der Waals surface area contributed by atoms with Crippen LogP contribution in [0, 0.1) is 0 Å². The molecule has 1 aromatic carbocycles. The van der Waals surface area contributed by atoms with Gasteiger partial charge in [-0.05, 0) is 12.1 Å². The van der Waals surface area contributed by atoms with E-state index in [4.69, 9.17) is 4.74 Å². The van der Waals surface area contributed by atoms with Crippen molar-refractivity contribution in [3.8, 4) is 5.75 Å². The van der Waals surface area contributed by atoms with Crippen molar-refractivity contribution >= 4 is 15.9 Å². The Bertz CT molecular complexity index is 251. The second kappa shape index (κ2) is 4.56. The summed E-state index contributed by atoms with van der Waals surface area (Å²) in [5.74, 6) is -2.35. The Kier molecular flexibility index (Phi) is 3.66. The molecule has 0 fully saturated rings. The molecule has 0 aliphatic heterocycles. The van der Waals surface area contributed by atoms with E-state index in [1.807, 2.05) is 0 Å². The van der Waals surface area contributed by atoms with Gasteiger partial charge in [-0.2, -0.15) is 0 Å². The molecule has 0 amide bonds. The third-order valence-corrected chi connectivity index (χ3v) is 2.21. The van der Waals surface area contributed by atoms with Crippen LogP contribution in [0.4, 0.5) is 8.78 Å². The number of ether oxygens (including phenoxy) is 1. The maximum atomic E-state index is 12.7. The average Bonchev–Trinajstić information content (AvgIpc) is 2.17. The highest BCUT2D eigenvalue weighted by Gasteiger charge is 2.28. The van der Waals surface area contributed by atoms with Gasteiger partial charge in [0.05, 0.1) is 5.33 Å². The van der Waals surface area contributed by atoms with Crippen molar-refractivity contribution in [2.24, 2.45) is 0 Å². The van der Waals surface area contributed by atoms with Gasteiger partial charge in [0.15, 0.2) is 6.61 Å². The highest BCUT2D eigenvalue weighted by Crippen LogP contribution is 2.18. The quantitative estimate of drug-likeness (QED) is 0.747. The molecule has 1 nitrogen and oxygen atoms in total. The number of hydrogen-bond acceptors (Lipinski definition) is 1. The number of hydrogen-bond donors (Lipinski definition) is 0. The van der Waals surface area contributed by atoms with Crippen LogP contribution in [0.2, 0.25) is 0 Å². The molecule has 4 heteroatoms. The third-order valence-electron chi connectivity index (χ3n) is 1.39. The molecule has 0 saturated carbocycles. The van der Waals surface area contributed by atoms with E-state index in [9.17, 15) is 8.78 Å². The zero-order valence-electron chi connectivity index (χ0n) is 6.84. The fourth-order valence-electron chi connectivity index (χ4n) is 0.744. The van der Waals surface area contributed by atoms with Gasteiger partial charge >= 0.3 is 0 Å². The second-order valence-electron chi connectivity index (χ2n) is 2.59. The Hall–Kier alpha value is -0.640. The molecular weight excluding hydrogens is 242 g/mol. The molecule has 0 heterocycles. The largest absolute Gasteiger partial charge is 0.487 e. The minimum atomic E-state index is -2.81. The van der Waals surface area contributed by atoms with Crippen LogP contribution in [0.1, 0.15) is 0 Å². The fraction of sp³-hybridized carbons (Fsp3) is 0.333. The summed E-state index contributed by atoms with van der Waals surface area (Å²) in [6.45, 7) is -0.595. The number of halogens is 3. The van der Waals surface area contributed by atoms with Crippen molar-refractivity contribution in [3.63, 3.8) is 0 Å². The Morgan fingerprint density at radius 3 is 2.38 bits per heavy atom. The second-order valence-corrected chi connectivity index (χ2v) is 3.15. The fourth-order valence-corrected chi connectivity index (χ4v) is 0.906. The summed E-state index contributed by atoms with van der Waals surface area (Å²) in [7, 11) is 0. The lowest BCUT2D eigenvalue weighted by molar-refractivity contribution is -0.0171. The zero-order chi connectivity index (χ0) is 9.73. The lowest BCUT2D eigenvalue weighted by Gasteiger charge is -2.13. The topological polar surface area (TPSA) is 9.23 Å². The Morgan fingerprint density at radius 1 is 1.23 bits per heavy atom. The van der Waals surface area contributed by atoms with Gasteiger partial charge in [0, 0.05) is 0 Å². The van der Waals surface area contributed by atoms with E-state index in [0.717, 1.165) is 0 Å². The van der Waals surface area contributed by atoms with Crippen molar-refractivity contribution in [2.75, 3.05) is 11.9 Å². The predicted octanol–water partition coefficient (Wildman–Crippen LogP) is 3.10. The summed E-state index contributed by atoms with van der Waals surface area (Å²) >= 11 is 2.71. The molecule has 0 N–H and O–H groups in total. The molecule has 0 saturated heterocycles. The molecule has 0 aliphatic rings. The van der Waals surface area contributed by atoms with Crippen LogP contribution >= 0.6 is 15.9 Å². The molecule has 72 valence electrons. The minimum Gasteiger partial charge on any atom is -0.487 e. The van der Waals surface area contributed by atoms with Crippen LogP contribution < -0.4 is 4.74 Å². The summed E-state index contributed by atoms with van der Waals surface area (Å²) < 4.78 is 30.2. The van der Waals surface area contributed by atoms with Crippen LogP contribution in [-0.4, -0.2) is 17.9 Å². The van der Waals surface area contributed by atoms with Crippen molar-refractivity contribution in [1.29, 1.82) is 0 Å². The predicted molar refractivity (Wildman–Crippen MR) is 50.7 cm³/mol. The average molecular weight is 251 g/mol. The molecular formula is C9H9BrF2O. The molecule has 0 bridgehead atoms. The molecule has 0 radical (unpaired) electrons. The molecule has 13 heavy (non-hydrogen) atoms. The molecule has 0 unspecified atom stereocenters. The van der Waals surface area contributed by atoms with E-state index in [2.05, 4.69) is 15.9 Å². The summed E-state index contributed by atoms with van der Waals surface area (Å²) in [5, 5.41) is -0.382. The molecule has 1 aromatic rings. The van der Waals surface area contributed by atoms with Gasteiger partial charge in [-0.3, -0.25) is 0 Å². The van der Waals surface area contributed by atoms with Crippen molar-refractivity contribution in [2.45, 2.75) is 5.92 Å². The summed E-state index contributed by atoms with van der Waals surface area (Å²) in [5.41, 5.74) is 0. The van der Waals surface area contributed by atoms with E-state index < -0.39 is 12.5 Å². The third kappa shape index (κ3) is 3.72. The number of alkyl halides is 3. The Morgan fingerprint density at radius 2 is 1.85 bits per heavy atom. The van der Waals surface area contributed by atoms with E-state index in [1.54, 1.807) is 30.3 Å². The summed E-state index contributed by atoms with van der Waals surface area (Å²) in [4.78, 5) is 0. The van der Waals surface area contributed by atoms with Gasteiger partial charge in [0.2, 0.25) is 0 Å². The molecule has 0 atom stereocenters. The van der Waals surface area contributed by atoms with E-state index >= 15 is 0 Å². The van der Waals surface area contributed by atoms with Crippen LogP contribution in [-0.2, 0) is 0 Å². The van der Waals surface area contributed by atoms with Crippen LogP contribution in [0.25, 0.3) is 0 Å². The number of benzene rings is 1. The first-order chi connectivity index (χ1) is 6.14. The van der Waals surface area contributed by atoms with Gasteiger partial charge in [0.25, 0.3) is 5.92 Å². The molecule has 0 aliphatic carbocycles. The number of para-hydroxylation sites is 1. The molecule has 0 spiro atoms. The molecule has 1 rings (SSSR count). The first kappa shape index (κ1) is 10.4. The zero-order valence-corrected chi connectivity index (χ0v) is 8.43. The maximum Gasteiger partial charge on any atom is 0.290 e. The smallest absolute Gasteiger partial charge is 0.290 e. The first-order valence-corrected chi connectivity index (χ1v) is 4.88. The monoisotopic (exact) mass is 250 g/mol. The number of rotatable bonds is 4. The van der Waals surface area contributed by atoms with E-state index in [0.29, 0.717) is 5.75 Å². The lowest BCUT2D eigenvalue weighted by Crippen LogP contribution is -2.27. The van der Waals surface area contributed by atoms with Crippen molar-refractivity contribution in [3.05, 3.63) is 30.3 Å². The van der Waals surface area contributed by atoms with Crippen LogP contribution in [0.5, 0.6) is 5.75 Å². The Balaban J connectivity index is 2.44. The van der Waals surface area contributed by atoms with Gasteiger partial charge in [0.1, 0.15) is 5.75 Å². The van der Waals surface area contributed by atoms with Crippen molar-refractivity contribution < 1.29 is 13.5 Å². The SMILES string of the molecule is FC(F)(CBr)COc1ccccc1. The molecule has 0 aromatic heterocycles. The van der Waals surface area contributed by atoms with E-state index in [1.165, 1.54) is 0 Å². The summed E-state index contributed by atoms with van der Waals surface area (Å²) in [6.07, 6.45) is 0. The first-order valence-electron chi connectivity index (χ1n) is 3.76. The van der Waals surface area contributed by atoms with Crippen LogP contribution in [0.15, 0.2) is 30.3 Å². The Labute approximate surface area is 83.8 Å². The van der Waals surface area contributed by atoms with Gasteiger partial charge < -0.3 is 4.74 Å². The van der Waals surface area contributed by atoms with Crippen molar-refractivity contribution in [1.82, 2.24) is 0 Å². The normalized spacial score (nSPS) is 11.3.